The maximum Gasteiger partial charge on any atom is 0.328 e. The fourth-order valence-corrected chi connectivity index (χ4v) is 1.87. The summed E-state index contributed by atoms with van der Waals surface area (Å²) in [6, 6.07) is 5.16. The predicted molar refractivity (Wildman–Crippen MR) is 81.9 cm³/mol. The van der Waals surface area contributed by atoms with E-state index in [0.717, 1.165) is 17.2 Å². The molecule has 7 nitrogen and oxygen atoms in total. The minimum Gasteiger partial charge on any atom is -0.349 e. The Morgan fingerprint density at radius 3 is 2.82 bits per heavy atom. The molecule has 2 aromatic rings. The third-order valence-electron chi connectivity index (χ3n) is 3.34. The van der Waals surface area contributed by atoms with E-state index in [1.165, 1.54) is 0 Å². The number of rotatable bonds is 5. The molecule has 2 aromatic heterocycles. The second kappa shape index (κ2) is 6.84. The van der Waals surface area contributed by atoms with Gasteiger partial charge >= 0.3 is 5.69 Å². The Hall–Kier alpha value is -2.70. The van der Waals surface area contributed by atoms with E-state index in [2.05, 4.69) is 15.3 Å². The molecule has 2 rings (SSSR count). The highest BCUT2D eigenvalue weighted by Gasteiger charge is 2.16. The van der Waals surface area contributed by atoms with Gasteiger partial charge in [-0.25, -0.2) is 4.79 Å². The lowest BCUT2D eigenvalue weighted by atomic mass is 10.2. The van der Waals surface area contributed by atoms with E-state index >= 15 is 0 Å². The van der Waals surface area contributed by atoms with Crippen molar-refractivity contribution in [3.05, 3.63) is 62.7 Å². The first-order valence-electron chi connectivity index (χ1n) is 7.06. The van der Waals surface area contributed by atoms with E-state index in [0.29, 0.717) is 5.69 Å². The lowest BCUT2D eigenvalue weighted by Gasteiger charge is -2.11. The summed E-state index contributed by atoms with van der Waals surface area (Å²) in [5.74, 6) is -0.495. The molecule has 0 aliphatic rings. The van der Waals surface area contributed by atoms with Gasteiger partial charge in [-0.3, -0.25) is 19.1 Å². The Labute approximate surface area is 127 Å². The van der Waals surface area contributed by atoms with Crippen molar-refractivity contribution in [2.45, 2.75) is 32.9 Å². The first-order chi connectivity index (χ1) is 10.5. The van der Waals surface area contributed by atoms with E-state index in [1.54, 1.807) is 24.4 Å². The van der Waals surface area contributed by atoms with E-state index in [1.807, 2.05) is 13.8 Å². The van der Waals surface area contributed by atoms with Crippen LogP contribution in [0.2, 0.25) is 0 Å². The molecule has 7 heteroatoms. The topological polar surface area (TPSA) is 96.8 Å². The number of carbonyl (C=O) groups excluding carboxylic acids is 1. The smallest absolute Gasteiger partial charge is 0.328 e. The maximum absolute atomic E-state index is 12.4. The summed E-state index contributed by atoms with van der Waals surface area (Å²) >= 11 is 0. The molecule has 0 spiro atoms. The molecule has 0 aliphatic heterocycles. The number of aromatic amines is 1. The average Bonchev–Trinajstić information content (AvgIpc) is 2.52. The van der Waals surface area contributed by atoms with Crippen LogP contribution in [0.1, 0.15) is 36.3 Å². The molecule has 1 unspecified atom stereocenters. The van der Waals surface area contributed by atoms with Crippen LogP contribution >= 0.6 is 0 Å². The van der Waals surface area contributed by atoms with Gasteiger partial charge in [0.15, 0.2) is 0 Å². The molecule has 2 heterocycles. The minimum atomic E-state index is -0.629. The van der Waals surface area contributed by atoms with E-state index in [4.69, 9.17) is 0 Å². The van der Waals surface area contributed by atoms with Gasteiger partial charge in [-0.05, 0) is 25.5 Å². The van der Waals surface area contributed by atoms with Crippen molar-refractivity contribution < 1.29 is 4.79 Å². The lowest BCUT2D eigenvalue weighted by Crippen LogP contribution is -2.42. The van der Waals surface area contributed by atoms with Crippen LogP contribution in [0, 0.1) is 0 Å². The molecule has 0 aliphatic carbocycles. The van der Waals surface area contributed by atoms with Gasteiger partial charge in [0.05, 0.1) is 12.2 Å². The summed E-state index contributed by atoms with van der Waals surface area (Å²) in [6.07, 6.45) is 3.47. The molecule has 1 atom stereocenters. The molecule has 2 N–H and O–H groups in total. The molecule has 0 bridgehead atoms. The van der Waals surface area contributed by atoms with E-state index in [-0.39, 0.29) is 18.2 Å². The molecule has 0 saturated carbocycles. The zero-order chi connectivity index (χ0) is 16.1. The third-order valence-corrected chi connectivity index (χ3v) is 3.34. The highest BCUT2D eigenvalue weighted by molar-refractivity contribution is 5.93. The van der Waals surface area contributed by atoms with Gasteiger partial charge in [-0.15, -0.1) is 0 Å². The average molecular weight is 302 g/mol. The van der Waals surface area contributed by atoms with Crippen LogP contribution in [0.5, 0.6) is 0 Å². The molecular formula is C15H18N4O3. The number of nitrogens with zero attached hydrogens (tertiary/aromatic N) is 2. The fraction of sp³-hybridized carbons (Fsp3) is 0.333. The van der Waals surface area contributed by atoms with Crippen LogP contribution < -0.4 is 16.6 Å². The fourth-order valence-electron chi connectivity index (χ4n) is 1.87. The van der Waals surface area contributed by atoms with E-state index < -0.39 is 17.2 Å². The summed E-state index contributed by atoms with van der Waals surface area (Å²) in [5.41, 5.74) is -0.726. The number of hydrogen-bond acceptors (Lipinski definition) is 4. The molecule has 22 heavy (non-hydrogen) atoms. The quantitative estimate of drug-likeness (QED) is 0.841. The summed E-state index contributed by atoms with van der Waals surface area (Å²) < 4.78 is 0.966. The van der Waals surface area contributed by atoms with Crippen molar-refractivity contribution in [3.63, 3.8) is 0 Å². The number of pyridine rings is 1. The van der Waals surface area contributed by atoms with Crippen molar-refractivity contribution in [2.75, 3.05) is 0 Å². The number of hydrogen-bond donors (Lipinski definition) is 2. The van der Waals surface area contributed by atoms with Crippen LogP contribution in [0.25, 0.3) is 0 Å². The molecule has 116 valence electrons. The molecule has 0 aromatic carbocycles. The largest absolute Gasteiger partial charge is 0.349 e. The Morgan fingerprint density at radius 2 is 2.18 bits per heavy atom. The number of aromatic nitrogens is 3. The maximum atomic E-state index is 12.4. The van der Waals surface area contributed by atoms with Crippen LogP contribution in [-0.4, -0.2) is 26.5 Å². The van der Waals surface area contributed by atoms with Gasteiger partial charge in [-0.1, -0.05) is 13.0 Å². The summed E-state index contributed by atoms with van der Waals surface area (Å²) in [6.45, 7) is 3.78. The van der Waals surface area contributed by atoms with Crippen molar-refractivity contribution in [3.8, 4) is 0 Å². The van der Waals surface area contributed by atoms with Crippen molar-refractivity contribution in [2.24, 2.45) is 0 Å². The van der Waals surface area contributed by atoms with Gasteiger partial charge in [-0.2, -0.15) is 0 Å². The van der Waals surface area contributed by atoms with Crippen LogP contribution in [0.3, 0.4) is 0 Å². The number of H-pyrrole nitrogens is 1. The first kappa shape index (κ1) is 15.7. The monoisotopic (exact) mass is 302 g/mol. The molecule has 0 saturated heterocycles. The minimum absolute atomic E-state index is 0.0134. The molecule has 1 amide bonds. The van der Waals surface area contributed by atoms with Crippen LogP contribution in [0.4, 0.5) is 0 Å². The van der Waals surface area contributed by atoms with Gasteiger partial charge in [0.25, 0.3) is 11.5 Å². The molecule has 0 radical (unpaired) electrons. The van der Waals surface area contributed by atoms with Crippen LogP contribution in [-0.2, 0) is 6.54 Å². The van der Waals surface area contributed by atoms with Crippen molar-refractivity contribution in [1.82, 2.24) is 19.9 Å². The number of nitrogens with one attached hydrogen (secondary N) is 2. The molecular weight excluding hydrogens is 284 g/mol. The standard InChI is InChI=1S/C15H18N4O3/c1-3-10(2)18-13(20)12-8-17-15(22)19(14(12)21)9-11-6-4-5-7-16-11/h4-8,10H,3,9H2,1-2H3,(H,17,22)(H,18,20). The summed E-state index contributed by atoms with van der Waals surface area (Å²) in [5, 5.41) is 2.71. The second-order valence-corrected chi connectivity index (χ2v) is 5.00. The molecule has 0 fully saturated rings. The summed E-state index contributed by atoms with van der Waals surface area (Å²) in [4.78, 5) is 42.8. The zero-order valence-corrected chi connectivity index (χ0v) is 12.5. The third kappa shape index (κ3) is 3.49. The lowest BCUT2D eigenvalue weighted by molar-refractivity contribution is 0.0936. The number of amides is 1. The Kier molecular flexibility index (Phi) is 4.88. The van der Waals surface area contributed by atoms with Crippen LogP contribution in [0.15, 0.2) is 40.2 Å². The summed E-state index contributed by atoms with van der Waals surface area (Å²) in [7, 11) is 0. The van der Waals surface area contributed by atoms with Gasteiger partial charge in [0, 0.05) is 18.4 Å². The highest BCUT2D eigenvalue weighted by atomic mass is 16.2. The van der Waals surface area contributed by atoms with E-state index in [9.17, 15) is 14.4 Å². The van der Waals surface area contributed by atoms with Crippen molar-refractivity contribution >= 4 is 5.91 Å². The SMILES string of the molecule is CCC(C)NC(=O)c1c[nH]c(=O)n(Cc2ccccn2)c1=O. The highest BCUT2D eigenvalue weighted by Crippen LogP contribution is 1.96. The zero-order valence-electron chi connectivity index (χ0n) is 12.5. The Morgan fingerprint density at radius 1 is 1.41 bits per heavy atom. The Bertz CT molecular complexity index is 764. The Balaban J connectivity index is 2.36. The number of carbonyl (C=O) groups is 1. The normalized spacial score (nSPS) is 11.9. The first-order valence-corrected chi connectivity index (χ1v) is 7.06. The van der Waals surface area contributed by atoms with Gasteiger partial charge < -0.3 is 10.3 Å². The predicted octanol–water partition coefficient (Wildman–Crippen LogP) is 0.508. The van der Waals surface area contributed by atoms with Crippen molar-refractivity contribution in [1.29, 1.82) is 0 Å². The second-order valence-electron chi connectivity index (χ2n) is 5.00. The van der Waals surface area contributed by atoms with Gasteiger partial charge in [0.2, 0.25) is 0 Å². The van der Waals surface area contributed by atoms with Gasteiger partial charge in [0.1, 0.15) is 5.56 Å².